The molecule has 1 saturated carbocycles. The quantitative estimate of drug-likeness (QED) is 0.904. The summed E-state index contributed by atoms with van der Waals surface area (Å²) in [6, 6.07) is 15.0. The van der Waals surface area contributed by atoms with E-state index in [0.29, 0.717) is 18.9 Å². The first-order chi connectivity index (χ1) is 9.73. The maximum atomic E-state index is 14.1. The molecule has 1 fully saturated rings. The summed E-state index contributed by atoms with van der Waals surface area (Å²) >= 11 is 0. The van der Waals surface area contributed by atoms with Crippen LogP contribution in [0.2, 0.25) is 0 Å². The van der Waals surface area contributed by atoms with Crippen LogP contribution < -0.4 is 10.5 Å². The third kappa shape index (κ3) is 2.54. The van der Waals surface area contributed by atoms with Gasteiger partial charge in [-0.3, -0.25) is 0 Å². The summed E-state index contributed by atoms with van der Waals surface area (Å²) in [6.45, 7) is 0.954. The van der Waals surface area contributed by atoms with E-state index in [1.807, 2.05) is 36.4 Å². The summed E-state index contributed by atoms with van der Waals surface area (Å²) in [4.78, 5) is 0. The van der Waals surface area contributed by atoms with Crippen LogP contribution in [0.25, 0.3) is 0 Å². The number of nitrogens with two attached hydrogens (primary N) is 1. The SMILES string of the molecule is NCC1(c2ccc(OCc3ccccc3)c(F)c2)CC1. The number of ether oxygens (including phenoxy) is 1. The van der Waals surface area contributed by atoms with Crippen molar-refractivity contribution < 1.29 is 9.13 Å². The molecule has 0 aliphatic heterocycles. The number of hydrogen-bond donors (Lipinski definition) is 1. The topological polar surface area (TPSA) is 35.2 Å². The fourth-order valence-corrected chi connectivity index (χ4v) is 2.44. The molecule has 20 heavy (non-hydrogen) atoms. The van der Waals surface area contributed by atoms with Gasteiger partial charge in [0.15, 0.2) is 11.6 Å². The molecule has 0 amide bonds. The third-order valence-corrected chi connectivity index (χ3v) is 4.03. The molecule has 0 heterocycles. The van der Waals surface area contributed by atoms with E-state index in [-0.39, 0.29) is 11.2 Å². The van der Waals surface area contributed by atoms with Gasteiger partial charge in [0.1, 0.15) is 6.61 Å². The Hall–Kier alpha value is -1.87. The zero-order valence-corrected chi connectivity index (χ0v) is 11.3. The molecule has 1 aliphatic carbocycles. The fourth-order valence-electron chi connectivity index (χ4n) is 2.44. The van der Waals surface area contributed by atoms with Gasteiger partial charge in [-0.1, -0.05) is 36.4 Å². The van der Waals surface area contributed by atoms with Crippen molar-refractivity contribution in [3.05, 3.63) is 65.5 Å². The Morgan fingerprint density at radius 2 is 1.85 bits per heavy atom. The second kappa shape index (κ2) is 5.25. The van der Waals surface area contributed by atoms with Crippen LogP contribution in [-0.2, 0) is 12.0 Å². The normalized spacial score (nSPS) is 15.9. The predicted octanol–water partition coefficient (Wildman–Crippen LogP) is 3.40. The van der Waals surface area contributed by atoms with Crippen LogP contribution in [0.5, 0.6) is 5.75 Å². The number of benzene rings is 2. The summed E-state index contributed by atoms with van der Waals surface area (Å²) in [5.41, 5.74) is 7.80. The molecule has 2 aromatic rings. The second-order valence-corrected chi connectivity index (χ2v) is 5.40. The van der Waals surface area contributed by atoms with E-state index in [0.717, 1.165) is 24.0 Å². The Bertz CT molecular complexity index is 593. The summed E-state index contributed by atoms with van der Waals surface area (Å²) in [5.74, 6) is -0.0106. The monoisotopic (exact) mass is 271 g/mol. The van der Waals surface area contributed by atoms with Crippen LogP contribution in [0.4, 0.5) is 4.39 Å². The van der Waals surface area contributed by atoms with Gasteiger partial charge >= 0.3 is 0 Å². The van der Waals surface area contributed by atoms with Crippen molar-refractivity contribution in [3.63, 3.8) is 0 Å². The molecule has 1 aliphatic rings. The van der Waals surface area contributed by atoms with Gasteiger partial charge in [0.2, 0.25) is 0 Å². The first-order valence-electron chi connectivity index (χ1n) is 6.90. The zero-order valence-electron chi connectivity index (χ0n) is 11.3. The van der Waals surface area contributed by atoms with E-state index in [2.05, 4.69) is 0 Å². The van der Waals surface area contributed by atoms with Crippen LogP contribution in [-0.4, -0.2) is 6.54 Å². The van der Waals surface area contributed by atoms with Gasteiger partial charge in [0.25, 0.3) is 0 Å². The number of rotatable bonds is 5. The van der Waals surface area contributed by atoms with Crippen molar-refractivity contribution in [1.29, 1.82) is 0 Å². The Kier molecular flexibility index (Phi) is 3.45. The lowest BCUT2D eigenvalue weighted by molar-refractivity contribution is 0.290. The van der Waals surface area contributed by atoms with E-state index in [1.54, 1.807) is 12.1 Å². The van der Waals surface area contributed by atoms with Crippen LogP contribution >= 0.6 is 0 Å². The minimum absolute atomic E-state index is 0.0127. The van der Waals surface area contributed by atoms with Crippen LogP contribution in [0.15, 0.2) is 48.5 Å². The fraction of sp³-hybridized carbons (Fsp3) is 0.294. The van der Waals surface area contributed by atoms with Gasteiger partial charge < -0.3 is 10.5 Å². The molecule has 104 valence electrons. The number of hydrogen-bond acceptors (Lipinski definition) is 2. The summed E-state index contributed by atoms with van der Waals surface area (Å²) in [7, 11) is 0. The van der Waals surface area contributed by atoms with Gasteiger partial charge in [-0.2, -0.15) is 0 Å². The molecule has 0 unspecified atom stereocenters. The van der Waals surface area contributed by atoms with Crippen molar-refractivity contribution in [1.82, 2.24) is 0 Å². The molecule has 2 N–H and O–H groups in total. The Balaban J connectivity index is 1.72. The Morgan fingerprint density at radius 1 is 1.10 bits per heavy atom. The largest absolute Gasteiger partial charge is 0.486 e. The highest BCUT2D eigenvalue weighted by Gasteiger charge is 2.43. The lowest BCUT2D eigenvalue weighted by atomic mass is 9.96. The first-order valence-corrected chi connectivity index (χ1v) is 6.90. The molecule has 2 aromatic carbocycles. The summed E-state index contributed by atoms with van der Waals surface area (Å²) < 4.78 is 19.6. The van der Waals surface area contributed by atoms with E-state index in [1.165, 1.54) is 0 Å². The predicted molar refractivity (Wildman–Crippen MR) is 77.1 cm³/mol. The van der Waals surface area contributed by atoms with Gasteiger partial charge in [0, 0.05) is 12.0 Å². The molecule has 2 nitrogen and oxygen atoms in total. The maximum Gasteiger partial charge on any atom is 0.165 e. The standard InChI is InChI=1S/C17H18FNO/c18-15-10-14(17(12-19)8-9-17)6-7-16(15)20-11-13-4-2-1-3-5-13/h1-7,10H,8-9,11-12,19H2. The molecular weight excluding hydrogens is 253 g/mol. The molecular formula is C17H18FNO. The Labute approximate surface area is 118 Å². The smallest absolute Gasteiger partial charge is 0.165 e. The van der Waals surface area contributed by atoms with Crippen LogP contribution in [0.3, 0.4) is 0 Å². The lowest BCUT2D eigenvalue weighted by Gasteiger charge is -2.14. The van der Waals surface area contributed by atoms with Crippen molar-refractivity contribution in [2.24, 2.45) is 5.73 Å². The third-order valence-electron chi connectivity index (χ3n) is 4.03. The molecule has 3 rings (SSSR count). The van der Waals surface area contributed by atoms with Crippen molar-refractivity contribution in [2.75, 3.05) is 6.54 Å². The maximum absolute atomic E-state index is 14.1. The average Bonchev–Trinajstić information content (AvgIpc) is 3.28. The highest BCUT2D eigenvalue weighted by atomic mass is 19.1. The summed E-state index contributed by atoms with van der Waals surface area (Å²) in [6.07, 6.45) is 2.10. The second-order valence-electron chi connectivity index (χ2n) is 5.40. The number of halogens is 1. The van der Waals surface area contributed by atoms with E-state index in [4.69, 9.17) is 10.5 Å². The minimum atomic E-state index is -0.307. The van der Waals surface area contributed by atoms with Gasteiger partial charge in [-0.15, -0.1) is 0 Å². The van der Waals surface area contributed by atoms with E-state index < -0.39 is 0 Å². The van der Waals surface area contributed by atoms with Crippen LogP contribution in [0, 0.1) is 5.82 Å². The molecule has 0 radical (unpaired) electrons. The van der Waals surface area contributed by atoms with Crippen molar-refractivity contribution in [3.8, 4) is 5.75 Å². The summed E-state index contributed by atoms with van der Waals surface area (Å²) in [5, 5.41) is 0. The van der Waals surface area contributed by atoms with Crippen LogP contribution in [0.1, 0.15) is 24.0 Å². The molecule has 0 spiro atoms. The minimum Gasteiger partial charge on any atom is -0.486 e. The highest BCUT2D eigenvalue weighted by Crippen LogP contribution is 2.47. The lowest BCUT2D eigenvalue weighted by Crippen LogP contribution is -2.19. The molecule has 0 aromatic heterocycles. The van der Waals surface area contributed by atoms with Gasteiger partial charge in [0.05, 0.1) is 0 Å². The highest BCUT2D eigenvalue weighted by molar-refractivity contribution is 5.37. The average molecular weight is 271 g/mol. The Morgan fingerprint density at radius 3 is 2.45 bits per heavy atom. The van der Waals surface area contributed by atoms with Gasteiger partial charge in [-0.05, 0) is 36.1 Å². The van der Waals surface area contributed by atoms with Crippen molar-refractivity contribution in [2.45, 2.75) is 24.9 Å². The first kappa shape index (κ1) is 13.1. The molecule has 0 saturated heterocycles. The molecule has 0 bridgehead atoms. The molecule has 0 atom stereocenters. The molecule has 3 heteroatoms. The van der Waals surface area contributed by atoms with E-state index in [9.17, 15) is 4.39 Å². The van der Waals surface area contributed by atoms with Gasteiger partial charge in [-0.25, -0.2) is 4.39 Å². The zero-order chi connectivity index (χ0) is 14.0. The van der Waals surface area contributed by atoms with E-state index >= 15 is 0 Å². The van der Waals surface area contributed by atoms with Crippen molar-refractivity contribution >= 4 is 0 Å².